The molecule has 0 aliphatic heterocycles. The molecule has 1 rings (SSSR count). The van der Waals surface area contributed by atoms with Crippen molar-refractivity contribution in [3.8, 4) is 11.5 Å². The minimum Gasteiger partial charge on any atom is -0.544 e. The molecule has 0 spiro atoms. The lowest BCUT2D eigenvalue weighted by Crippen LogP contribution is -2.29. The Morgan fingerprint density at radius 3 is 2.06 bits per heavy atom. The van der Waals surface area contributed by atoms with Crippen LogP contribution in [0.1, 0.15) is 19.8 Å². The first-order chi connectivity index (χ1) is 7.51. The van der Waals surface area contributed by atoms with Gasteiger partial charge in [-0.25, -0.2) is 0 Å². The zero-order chi connectivity index (χ0) is 12.0. The molecule has 2 nitrogen and oxygen atoms in total. The van der Waals surface area contributed by atoms with Gasteiger partial charge in [0.1, 0.15) is 11.5 Å². The molecule has 0 radical (unpaired) electrons. The molecule has 0 atom stereocenters. The van der Waals surface area contributed by atoms with Gasteiger partial charge in [0.05, 0.1) is 6.61 Å². The van der Waals surface area contributed by atoms with Gasteiger partial charge in [0.15, 0.2) is 0 Å². The summed E-state index contributed by atoms with van der Waals surface area (Å²) in [6, 6.07) is 7.93. The van der Waals surface area contributed by atoms with Crippen LogP contribution in [0.25, 0.3) is 0 Å². The van der Waals surface area contributed by atoms with Crippen molar-refractivity contribution in [2.24, 2.45) is 0 Å². The van der Waals surface area contributed by atoms with E-state index >= 15 is 0 Å². The standard InChI is InChI=1S/C13H22O2Si/c1-5-6-11-14-12-7-9-13(10-8-12)15-16(2,3)4/h7-10H,5-6,11H2,1-4H3. The molecular formula is C13H22O2Si. The van der Waals surface area contributed by atoms with Crippen molar-refractivity contribution in [3.63, 3.8) is 0 Å². The van der Waals surface area contributed by atoms with E-state index in [0.29, 0.717) is 0 Å². The predicted octanol–water partition coefficient (Wildman–Crippen LogP) is 4.08. The van der Waals surface area contributed by atoms with Gasteiger partial charge >= 0.3 is 0 Å². The number of rotatable bonds is 6. The van der Waals surface area contributed by atoms with E-state index in [2.05, 4.69) is 26.6 Å². The van der Waals surface area contributed by atoms with E-state index in [1.165, 1.54) is 0 Å². The highest BCUT2D eigenvalue weighted by Crippen LogP contribution is 2.20. The average molecular weight is 238 g/mol. The van der Waals surface area contributed by atoms with Gasteiger partial charge in [-0.05, 0) is 50.3 Å². The molecular weight excluding hydrogens is 216 g/mol. The Hall–Kier alpha value is -0.963. The fraction of sp³-hybridized carbons (Fsp3) is 0.538. The van der Waals surface area contributed by atoms with Gasteiger partial charge in [-0.1, -0.05) is 13.3 Å². The molecule has 0 N–H and O–H groups in total. The highest BCUT2D eigenvalue weighted by molar-refractivity contribution is 6.70. The summed E-state index contributed by atoms with van der Waals surface area (Å²) >= 11 is 0. The molecule has 90 valence electrons. The highest BCUT2D eigenvalue weighted by atomic mass is 28.4. The highest BCUT2D eigenvalue weighted by Gasteiger charge is 2.15. The molecule has 0 heterocycles. The van der Waals surface area contributed by atoms with Crippen molar-refractivity contribution in [2.75, 3.05) is 6.61 Å². The maximum Gasteiger partial charge on any atom is 0.242 e. The van der Waals surface area contributed by atoms with Crippen LogP contribution >= 0.6 is 0 Å². The van der Waals surface area contributed by atoms with E-state index in [-0.39, 0.29) is 0 Å². The predicted molar refractivity (Wildman–Crippen MR) is 70.8 cm³/mol. The van der Waals surface area contributed by atoms with Crippen LogP contribution in [0.4, 0.5) is 0 Å². The van der Waals surface area contributed by atoms with Crippen molar-refractivity contribution in [1.82, 2.24) is 0 Å². The van der Waals surface area contributed by atoms with E-state index in [1.807, 2.05) is 24.3 Å². The first kappa shape index (κ1) is 13.1. The van der Waals surface area contributed by atoms with E-state index in [1.54, 1.807) is 0 Å². The lowest BCUT2D eigenvalue weighted by molar-refractivity contribution is 0.309. The Morgan fingerprint density at radius 2 is 1.56 bits per heavy atom. The van der Waals surface area contributed by atoms with Crippen molar-refractivity contribution in [2.45, 2.75) is 39.4 Å². The van der Waals surface area contributed by atoms with E-state index in [0.717, 1.165) is 30.9 Å². The number of benzene rings is 1. The molecule has 16 heavy (non-hydrogen) atoms. The van der Waals surface area contributed by atoms with Crippen LogP contribution in [-0.4, -0.2) is 14.9 Å². The van der Waals surface area contributed by atoms with Crippen LogP contribution < -0.4 is 9.16 Å². The number of unbranched alkanes of at least 4 members (excludes halogenated alkanes) is 1. The Balaban J connectivity index is 2.48. The van der Waals surface area contributed by atoms with Gasteiger partial charge in [0, 0.05) is 0 Å². The summed E-state index contributed by atoms with van der Waals surface area (Å²) in [5.41, 5.74) is 0. The fourth-order valence-electron chi connectivity index (χ4n) is 1.29. The fourth-order valence-corrected chi connectivity index (χ4v) is 2.14. The van der Waals surface area contributed by atoms with Gasteiger partial charge in [-0.15, -0.1) is 0 Å². The second-order valence-electron chi connectivity index (χ2n) is 4.89. The van der Waals surface area contributed by atoms with Crippen LogP contribution in [0.3, 0.4) is 0 Å². The summed E-state index contributed by atoms with van der Waals surface area (Å²) < 4.78 is 11.5. The molecule has 3 heteroatoms. The molecule has 1 aromatic carbocycles. The summed E-state index contributed by atoms with van der Waals surface area (Å²) in [5.74, 6) is 1.87. The third-order valence-electron chi connectivity index (χ3n) is 2.01. The lowest BCUT2D eigenvalue weighted by Gasteiger charge is -2.19. The topological polar surface area (TPSA) is 18.5 Å². The van der Waals surface area contributed by atoms with Gasteiger partial charge in [-0.3, -0.25) is 0 Å². The summed E-state index contributed by atoms with van der Waals surface area (Å²) in [5, 5.41) is 0. The molecule has 0 saturated carbocycles. The third kappa shape index (κ3) is 5.21. The number of hydrogen-bond donors (Lipinski definition) is 0. The summed E-state index contributed by atoms with van der Waals surface area (Å²) in [6.07, 6.45) is 2.27. The third-order valence-corrected chi connectivity index (χ3v) is 2.86. The monoisotopic (exact) mass is 238 g/mol. The van der Waals surface area contributed by atoms with Crippen molar-refractivity contribution in [1.29, 1.82) is 0 Å². The average Bonchev–Trinajstić information content (AvgIpc) is 2.19. The van der Waals surface area contributed by atoms with Crippen LogP contribution in [0.2, 0.25) is 19.6 Å². The van der Waals surface area contributed by atoms with Crippen LogP contribution in [0.5, 0.6) is 11.5 Å². The van der Waals surface area contributed by atoms with E-state index < -0.39 is 8.32 Å². The molecule has 1 aromatic rings. The minimum absolute atomic E-state index is 0.796. The molecule has 0 aromatic heterocycles. The SMILES string of the molecule is CCCCOc1ccc(O[Si](C)(C)C)cc1. The summed E-state index contributed by atoms with van der Waals surface area (Å²) in [4.78, 5) is 0. The lowest BCUT2D eigenvalue weighted by atomic mass is 10.3. The molecule has 0 bridgehead atoms. The van der Waals surface area contributed by atoms with Crippen molar-refractivity contribution >= 4 is 8.32 Å². The minimum atomic E-state index is -1.49. The molecule has 0 saturated heterocycles. The first-order valence-corrected chi connectivity index (χ1v) is 9.34. The summed E-state index contributed by atoms with van der Waals surface area (Å²) in [7, 11) is -1.49. The number of hydrogen-bond acceptors (Lipinski definition) is 2. The van der Waals surface area contributed by atoms with E-state index in [9.17, 15) is 0 Å². The normalized spacial score (nSPS) is 11.2. The molecule has 0 fully saturated rings. The Bertz CT molecular complexity index is 301. The zero-order valence-electron chi connectivity index (χ0n) is 10.7. The molecule has 0 aliphatic carbocycles. The maximum absolute atomic E-state index is 5.87. The Kier molecular flexibility index (Phi) is 4.87. The maximum atomic E-state index is 5.87. The van der Waals surface area contributed by atoms with Gasteiger partial charge < -0.3 is 9.16 Å². The van der Waals surface area contributed by atoms with Gasteiger partial charge in [-0.2, -0.15) is 0 Å². The van der Waals surface area contributed by atoms with Crippen molar-refractivity contribution < 1.29 is 9.16 Å². The molecule has 0 amide bonds. The quantitative estimate of drug-likeness (QED) is 0.549. The second-order valence-corrected chi connectivity index (χ2v) is 9.32. The Labute approximate surface area is 99.7 Å². The van der Waals surface area contributed by atoms with Crippen LogP contribution in [-0.2, 0) is 0 Å². The van der Waals surface area contributed by atoms with Crippen LogP contribution in [0, 0.1) is 0 Å². The molecule has 0 unspecified atom stereocenters. The van der Waals surface area contributed by atoms with Gasteiger partial charge in [0.2, 0.25) is 8.32 Å². The van der Waals surface area contributed by atoms with Gasteiger partial charge in [0.25, 0.3) is 0 Å². The van der Waals surface area contributed by atoms with Crippen molar-refractivity contribution in [3.05, 3.63) is 24.3 Å². The number of ether oxygens (including phenoxy) is 1. The Morgan fingerprint density at radius 1 is 1.00 bits per heavy atom. The summed E-state index contributed by atoms with van der Waals surface area (Å²) in [6.45, 7) is 9.50. The molecule has 0 aliphatic rings. The zero-order valence-corrected chi connectivity index (χ0v) is 11.7. The largest absolute Gasteiger partial charge is 0.544 e. The van der Waals surface area contributed by atoms with E-state index in [4.69, 9.17) is 9.16 Å². The smallest absolute Gasteiger partial charge is 0.242 e. The van der Waals surface area contributed by atoms with Crippen LogP contribution in [0.15, 0.2) is 24.3 Å². The second kappa shape index (κ2) is 5.94. The first-order valence-electron chi connectivity index (χ1n) is 5.93.